The molecule has 1 aromatic carbocycles. The van der Waals surface area contributed by atoms with E-state index in [4.69, 9.17) is 5.73 Å². The summed E-state index contributed by atoms with van der Waals surface area (Å²) in [6, 6.07) is 9.60. The van der Waals surface area contributed by atoms with Gasteiger partial charge in [-0.1, -0.05) is 6.07 Å². The summed E-state index contributed by atoms with van der Waals surface area (Å²) in [5, 5.41) is 3.25. The lowest BCUT2D eigenvalue weighted by atomic mass is 10.3. The minimum absolute atomic E-state index is 0.696. The van der Waals surface area contributed by atoms with Gasteiger partial charge in [-0.2, -0.15) is 0 Å². The molecule has 0 atom stereocenters. The summed E-state index contributed by atoms with van der Waals surface area (Å²) < 4.78 is 1.95. The third kappa shape index (κ3) is 2.79. The first kappa shape index (κ1) is 12.4. The van der Waals surface area contributed by atoms with Crippen LogP contribution in [0.25, 0.3) is 0 Å². The molecule has 5 heteroatoms. The Morgan fingerprint density at radius 3 is 2.35 bits per heavy atom. The van der Waals surface area contributed by atoms with Gasteiger partial charge >= 0.3 is 0 Å². The molecule has 0 aliphatic carbocycles. The molecule has 0 aliphatic rings. The van der Waals surface area contributed by atoms with Gasteiger partial charge in [0.05, 0.1) is 17.1 Å². The summed E-state index contributed by atoms with van der Waals surface area (Å²) in [6.45, 7) is 1.88. The lowest BCUT2D eigenvalue weighted by Crippen LogP contribution is -1.99. The number of aromatic nitrogens is 1. The molecule has 0 fully saturated rings. The van der Waals surface area contributed by atoms with Crippen molar-refractivity contribution in [2.75, 3.05) is 11.1 Å². The Balaban J connectivity index is 2.35. The van der Waals surface area contributed by atoms with Gasteiger partial charge < -0.3 is 11.1 Å². The van der Waals surface area contributed by atoms with Gasteiger partial charge in [0.2, 0.25) is 0 Å². The van der Waals surface area contributed by atoms with Gasteiger partial charge in [0.15, 0.2) is 0 Å². The average molecular weight is 357 g/mol. The van der Waals surface area contributed by atoms with Crippen LogP contribution in [0.1, 0.15) is 5.69 Å². The van der Waals surface area contributed by atoms with Crippen LogP contribution in [-0.2, 0) is 0 Å². The van der Waals surface area contributed by atoms with E-state index in [1.54, 1.807) is 0 Å². The molecular weight excluding hydrogens is 346 g/mol. The fourth-order valence-electron chi connectivity index (χ4n) is 1.39. The molecule has 17 heavy (non-hydrogen) atoms. The number of hydrogen-bond donors (Lipinski definition) is 2. The van der Waals surface area contributed by atoms with E-state index in [9.17, 15) is 0 Å². The van der Waals surface area contributed by atoms with Gasteiger partial charge in [0.25, 0.3) is 0 Å². The number of aryl methyl sites for hydroxylation is 1. The zero-order valence-corrected chi connectivity index (χ0v) is 12.3. The number of nitrogen functional groups attached to an aromatic ring is 1. The van der Waals surface area contributed by atoms with Crippen molar-refractivity contribution in [1.29, 1.82) is 0 Å². The molecule has 0 saturated carbocycles. The van der Waals surface area contributed by atoms with Gasteiger partial charge in [-0.05, 0) is 63.0 Å². The van der Waals surface area contributed by atoms with Crippen molar-refractivity contribution in [3.8, 4) is 0 Å². The van der Waals surface area contributed by atoms with E-state index >= 15 is 0 Å². The van der Waals surface area contributed by atoms with E-state index in [0.717, 1.165) is 26.1 Å². The first-order valence-electron chi connectivity index (χ1n) is 5.02. The maximum Gasteiger partial charge on any atom is 0.130 e. The Labute approximate surface area is 117 Å². The van der Waals surface area contributed by atoms with Crippen molar-refractivity contribution in [1.82, 2.24) is 4.98 Å². The van der Waals surface area contributed by atoms with Gasteiger partial charge in [-0.3, -0.25) is 0 Å². The molecule has 0 aliphatic heterocycles. The number of pyridine rings is 1. The Morgan fingerprint density at radius 2 is 1.76 bits per heavy atom. The van der Waals surface area contributed by atoms with E-state index in [-0.39, 0.29) is 0 Å². The summed E-state index contributed by atoms with van der Waals surface area (Å²) in [5.41, 5.74) is 8.20. The van der Waals surface area contributed by atoms with Gasteiger partial charge in [-0.15, -0.1) is 0 Å². The number of benzene rings is 1. The Hall–Kier alpha value is -1.07. The van der Waals surface area contributed by atoms with E-state index in [1.807, 2.05) is 37.3 Å². The first-order valence-corrected chi connectivity index (χ1v) is 6.60. The molecule has 2 aromatic rings. The third-order valence-corrected chi connectivity index (χ3v) is 3.66. The van der Waals surface area contributed by atoms with Crippen LogP contribution in [0.15, 0.2) is 39.3 Å². The summed E-state index contributed by atoms with van der Waals surface area (Å²) in [4.78, 5) is 4.37. The topological polar surface area (TPSA) is 50.9 Å². The largest absolute Gasteiger partial charge is 0.397 e. The molecule has 1 aromatic heterocycles. The highest BCUT2D eigenvalue weighted by Gasteiger charge is 2.06. The number of rotatable bonds is 2. The second kappa shape index (κ2) is 5.06. The smallest absolute Gasteiger partial charge is 0.130 e. The predicted octanol–water partition coefficient (Wildman–Crippen LogP) is 4.24. The van der Waals surface area contributed by atoms with Crippen molar-refractivity contribution >= 4 is 49.1 Å². The molecule has 0 saturated heterocycles. The van der Waals surface area contributed by atoms with Gasteiger partial charge in [0.1, 0.15) is 5.82 Å². The van der Waals surface area contributed by atoms with Gasteiger partial charge in [0, 0.05) is 8.95 Å². The van der Waals surface area contributed by atoms with Crippen LogP contribution in [0, 0.1) is 6.92 Å². The number of nitrogens with two attached hydrogens (primary N) is 1. The summed E-state index contributed by atoms with van der Waals surface area (Å²) >= 11 is 6.99. The van der Waals surface area contributed by atoms with Crippen molar-refractivity contribution in [3.05, 3.63) is 45.0 Å². The van der Waals surface area contributed by atoms with Crippen molar-refractivity contribution in [2.45, 2.75) is 6.92 Å². The van der Waals surface area contributed by atoms with Gasteiger partial charge in [-0.25, -0.2) is 4.98 Å². The quantitative estimate of drug-likeness (QED) is 0.846. The maximum atomic E-state index is 5.73. The van der Waals surface area contributed by atoms with E-state index < -0.39 is 0 Å². The second-order valence-corrected chi connectivity index (χ2v) is 5.30. The Kier molecular flexibility index (Phi) is 3.69. The molecule has 88 valence electrons. The normalized spacial score (nSPS) is 10.3. The minimum Gasteiger partial charge on any atom is -0.397 e. The summed E-state index contributed by atoms with van der Waals surface area (Å²) in [6.07, 6.45) is 0. The number of hydrogen-bond acceptors (Lipinski definition) is 3. The number of nitrogens with one attached hydrogen (secondary N) is 1. The summed E-state index contributed by atoms with van der Waals surface area (Å²) in [5.74, 6) is 0.768. The molecule has 2 rings (SSSR count). The van der Waals surface area contributed by atoms with Crippen LogP contribution in [0.5, 0.6) is 0 Å². The highest BCUT2D eigenvalue weighted by atomic mass is 79.9. The minimum atomic E-state index is 0.696. The average Bonchev–Trinajstić information content (AvgIpc) is 2.28. The van der Waals surface area contributed by atoms with Crippen LogP contribution in [0.4, 0.5) is 17.2 Å². The molecule has 0 amide bonds. The Morgan fingerprint density at radius 1 is 1.12 bits per heavy atom. The zero-order valence-electron chi connectivity index (χ0n) is 9.17. The van der Waals surface area contributed by atoms with Crippen LogP contribution >= 0.6 is 31.9 Å². The monoisotopic (exact) mass is 355 g/mol. The van der Waals surface area contributed by atoms with Crippen LogP contribution in [0.2, 0.25) is 0 Å². The molecular formula is C12H11Br2N3. The third-order valence-electron chi connectivity index (χ3n) is 2.34. The van der Waals surface area contributed by atoms with E-state index in [1.165, 1.54) is 0 Å². The van der Waals surface area contributed by atoms with Crippen LogP contribution in [0.3, 0.4) is 0 Å². The molecule has 0 spiro atoms. The fourth-order valence-corrected chi connectivity index (χ4v) is 2.58. The van der Waals surface area contributed by atoms with E-state index in [0.29, 0.717) is 5.69 Å². The number of para-hydroxylation sites is 1. The lowest BCUT2D eigenvalue weighted by molar-refractivity contribution is 1.20. The fraction of sp³-hybridized carbons (Fsp3) is 0.0833. The molecule has 0 unspecified atom stereocenters. The van der Waals surface area contributed by atoms with Crippen molar-refractivity contribution in [3.63, 3.8) is 0 Å². The highest BCUT2D eigenvalue weighted by molar-refractivity contribution is 9.11. The zero-order chi connectivity index (χ0) is 12.4. The number of nitrogens with zero attached hydrogens (tertiary/aromatic N) is 1. The molecule has 3 nitrogen and oxygen atoms in total. The van der Waals surface area contributed by atoms with Crippen molar-refractivity contribution in [2.24, 2.45) is 0 Å². The van der Waals surface area contributed by atoms with Crippen LogP contribution < -0.4 is 11.1 Å². The molecule has 1 heterocycles. The molecule has 3 N–H and O–H groups in total. The summed E-state index contributed by atoms with van der Waals surface area (Å²) in [7, 11) is 0. The SMILES string of the molecule is Cc1nc(Nc2c(Br)cccc2Br)ccc1N. The molecule has 0 bridgehead atoms. The lowest BCUT2D eigenvalue weighted by Gasteiger charge is -2.11. The first-order chi connectivity index (χ1) is 8.08. The van der Waals surface area contributed by atoms with E-state index in [2.05, 4.69) is 42.2 Å². The van der Waals surface area contributed by atoms with Crippen molar-refractivity contribution < 1.29 is 0 Å². The maximum absolute atomic E-state index is 5.73. The number of halogens is 2. The number of anilines is 3. The molecule has 0 radical (unpaired) electrons. The predicted molar refractivity (Wildman–Crippen MR) is 78.5 cm³/mol. The highest BCUT2D eigenvalue weighted by Crippen LogP contribution is 2.32. The second-order valence-electron chi connectivity index (χ2n) is 3.59. The Bertz CT molecular complexity index is 535. The van der Waals surface area contributed by atoms with Crippen LogP contribution in [-0.4, -0.2) is 4.98 Å². The standard InChI is InChI=1S/C12H11Br2N3/c1-7-10(15)5-6-11(16-7)17-12-8(13)3-2-4-9(12)14/h2-6H,15H2,1H3,(H,16,17).